The van der Waals surface area contributed by atoms with Crippen LogP contribution in [0.5, 0.6) is 5.75 Å². The van der Waals surface area contributed by atoms with Gasteiger partial charge in [0.15, 0.2) is 0 Å². The summed E-state index contributed by atoms with van der Waals surface area (Å²) in [5.74, 6) is -0.992. The van der Waals surface area contributed by atoms with E-state index in [1.807, 2.05) is 0 Å². The lowest BCUT2D eigenvalue weighted by atomic mass is 10.1. The van der Waals surface area contributed by atoms with E-state index in [0.717, 1.165) is 10.2 Å². The van der Waals surface area contributed by atoms with Gasteiger partial charge in [0.05, 0.1) is 12.8 Å². The van der Waals surface area contributed by atoms with E-state index < -0.39 is 17.3 Å². The van der Waals surface area contributed by atoms with Crippen molar-refractivity contribution in [3.8, 4) is 17.0 Å². The van der Waals surface area contributed by atoms with Gasteiger partial charge < -0.3 is 10.1 Å². The third kappa shape index (κ3) is 4.59. The second kappa shape index (κ2) is 8.43. The van der Waals surface area contributed by atoms with E-state index in [-0.39, 0.29) is 24.7 Å². The number of nitrogens with zero attached hydrogens (tertiary/aromatic N) is 2. The summed E-state index contributed by atoms with van der Waals surface area (Å²) >= 11 is 0. The Bertz CT molecular complexity index is 1050. The van der Waals surface area contributed by atoms with Gasteiger partial charge in [-0.15, -0.1) is 0 Å². The topological polar surface area (TPSA) is 73.2 Å². The minimum atomic E-state index is -0.464. The Morgan fingerprint density at radius 2 is 1.79 bits per heavy atom. The first-order valence-electron chi connectivity index (χ1n) is 8.39. The summed E-state index contributed by atoms with van der Waals surface area (Å²) in [4.78, 5) is 24.2. The first kappa shape index (κ1) is 19.2. The van der Waals surface area contributed by atoms with Crippen molar-refractivity contribution in [2.24, 2.45) is 0 Å². The van der Waals surface area contributed by atoms with E-state index >= 15 is 0 Å². The summed E-state index contributed by atoms with van der Waals surface area (Å²) in [6, 6.07) is 12.4. The molecule has 0 radical (unpaired) electrons. The van der Waals surface area contributed by atoms with E-state index in [2.05, 4.69) is 10.4 Å². The van der Waals surface area contributed by atoms with E-state index in [4.69, 9.17) is 4.74 Å². The molecule has 1 N–H and O–H groups in total. The molecule has 0 aliphatic rings. The van der Waals surface area contributed by atoms with Gasteiger partial charge >= 0.3 is 0 Å². The fourth-order valence-corrected chi connectivity index (χ4v) is 2.58. The maximum Gasteiger partial charge on any atom is 0.267 e. The predicted octanol–water partition coefficient (Wildman–Crippen LogP) is 2.51. The molecule has 8 heteroatoms. The molecule has 3 aromatic rings. The lowest BCUT2D eigenvalue weighted by Gasteiger charge is -2.11. The first-order valence-corrected chi connectivity index (χ1v) is 8.39. The number of benzene rings is 2. The van der Waals surface area contributed by atoms with E-state index in [1.54, 1.807) is 12.1 Å². The molecule has 0 saturated carbocycles. The van der Waals surface area contributed by atoms with E-state index in [1.165, 1.54) is 49.6 Å². The van der Waals surface area contributed by atoms with Crippen molar-refractivity contribution in [3.63, 3.8) is 0 Å². The molecule has 2 aromatic carbocycles. The number of aromatic nitrogens is 2. The Labute approximate surface area is 159 Å². The highest BCUT2D eigenvalue weighted by atomic mass is 19.1. The van der Waals surface area contributed by atoms with Gasteiger partial charge in [-0.25, -0.2) is 13.5 Å². The molecule has 0 bridgehead atoms. The average Bonchev–Trinajstić information content (AvgIpc) is 2.69. The molecule has 0 aliphatic heterocycles. The van der Waals surface area contributed by atoms with Gasteiger partial charge in [-0.05, 0) is 35.9 Å². The van der Waals surface area contributed by atoms with Crippen LogP contribution in [0, 0.1) is 11.6 Å². The van der Waals surface area contributed by atoms with Gasteiger partial charge in [0.25, 0.3) is 5.56 Å². The number of halogens is 2. The van der Waals surface area contributed by atoms with Crippen LogP contribution in [0.3, 0.4) is 0 Å². The Hall–Kier alpha value is -3.55. The SMILES string of the molecule is COc1cc(F)ccc1-c1ccc(=O)n(CC(=O)NCc2ccc(F)cc2)n1. The smallest absolute Gasteiger partial charge is 0.267 e. The highest BCUT2D eigenvalue weighted by Crippen LogP contribution is 2.28. The highest BCUT2D eigenvalue weighted by Gasteiger charge is 2.12. The van der Waals surface area contributed by atoms with Crippen LogP contribution >= 0.6 is 0 Å². The van der Waals surface area contributed by atoms with Crippen LogP contribution in [0.1, 0.15) is 5.56 Å². The molecular weight excluding hydrogens is 368 g/mol. The first-order chi connectivity index (χ1) is 13.5. The normalized spacial score (nSPS) is 10.5. The molecule has 1 aromatic heterocycles. The van der Waals surface area contributed by atoms with Crippen LogP contribution in [0.15, 0.2) is 59.4 Å². The van der Waals surface area contributed by atoms with Gasteiger partial charge in [-0.3, -0.25) is 9.59 Å². The third-order valence-electron chi connectivity index (χ3n) is 4.00. The molecule has 1 amide bonds. The zero-order valence-corrected chi connectivity index (χ0v) is 15.0. The van der Waals surface area contributed by atoms with Gasteiger partial charge in [0.1, 0.15) is 23.9 Å². The molecule has 144 valence electrons. The molecule has 0 fully saturated rings. The van der Waals surface area contributed by atoms with Crippen molar-refractivity contribution in [3.05, 3.63) is 82.1 Å². The molecule has 1 heterocycles. The lowest BCUT2D eigenvalue weighted by Crippen LogP contribution is -2.33. The van der Waals surface area contributed by atoms with Crippen molar-refractivity contribution in [2.45, 2.75) is 13.1 Å². The molecule has 0 atom stereocenters. The van der Waals surface area contributed by atoms with Crippen LogP contribution in [-0.4, -0.2) is 22.8 Å². The lowest BCUT2D eigenvalue weighted by molar-refractivity contribution is -0.122. The number of hydrogen-bond donors (Lipinski definition) is 1. The van der Waals surface area contributed by atoms with Crippen molar-refractivity contribution in [1.29, 1.82) is 0 Å². The van der Waals surface area contributed by atoms with Crippen LogP contribution < -0.4 is 15.6 Å². The molecule has 28 heavy (non-hydrogen) atoms. The second-order valence-electron chi connectivity index (χ2n) is 5.96. The maximum absolute atomic E-state index is 13.4. The molecular formula is C20H17F2N3O3. The summed E-state index contributed by atoms with van der Waals surface area (Å²) in [7, 11) is 1.40. The summed E-state index contributed by atoms with van der Waals surface area (Å²) in [5, 5.41) is 6.83. The molecule has 0 unspecified atom stereocenters. The van der Waals surface area contributed by atoms with Gasteiger partial charge in [-0.2, -0.15) is 5.10 Å². The van der Waals surface area contributed by atoms with Crippen LogP contribution in [0.4, 0.5) is 8.78 Å². The fourth-order valence-electron chi connectivity index (χ4n) is 2.58. The minimum Gasteiger partial charge on any atom is -0.496 e. The number of hydrogen-bond acceptors (Lipinski definition) is 4. The van der Waals surface area contributed by atoms with Crippen LogP contribution in [0.2, 0.25) is 0 Å². The number of carbonyl (C=O) groups excluding carboxylic acids is 1. The van der Waals surface area contributed by atoms with Gasteiger partial charge in [-0.1, -0.05) is 12.1 Å². The Morgan fingerprint density at radius 3 is 2.50 bits per heavy atom. The van der Waals surface area contributed by atoms with E-state index in [0.29, 0.717) is 11.3 Å². The largest absolute Gasteiger partial charge is 0.496 e. The number of amides is 1. The standard InChI is InChI=1S/C20H17F2N3O3/c1-28-18-10-15(22)6-7-16(18)17-8-9-20(27)25(24-17)12-19(26)23-11-13-2-4-14(21)5-3-13/h2-10H,11-12H2,1H3,(H,23,26). The number of carbonyl (C=O) groups is 1. The average molecular weight is 385 g/mol. The van der Waals surface area contributed by atoms with Gasteiger partial charge in [0, 0.05) is 24.2 Å². The zero-order valence-electron chi connectivity index (χ0n) is 15.0. The van der Waals surface area contributed by atoms with E-state index in [9.17, 15) is 18.4 Å². The summed E-state index contributed by atoms with van der Waals surface area (Å²) in [6.45, 7) is -0.100. The number of ether oxygens (including phenoxy) is 1. The summed E-state index contributed by atoms with van der Waals surface area (Å²) in [5.41, 5.74) is 1.12. The monoisotopic (exact) mass is 385 g/mol. The minimum absolute atomic E-state index is 0.194. The van der Waals surface area contributed by atoms with Crippen molar-refractivity contribution < 1.29 is 18.3 Å². The molecule has 0 spiro atoms. The van der Waals surface area contributed by atoms with Crippen LogP contribution in [-0.2, 0) is 17.9 Å². The number of rotatable bonds is 6. The molecule has 0 aliphatic carbocycles. The quantitative estimate of drug-likeness (QED) is 0.708. The Balaban J connectivity index is 1.75. The number of methoxy groups -OCH3 is 1. The molecule has 0 saturated heterocycles. The second-order valence-corrected chi connectivity index (χ2v) is 5.96. The van der Waals surface area contributed by atoms with Crippen molar-refractivity contribution >= 4 is 5.91 Å². The Morgan fingerprint density at radius 1 is 1.07 bits per heavy atom. The number of nitrogens with one attached hydrogen (secondary N) is 1. The molecule has 6 nitrogen and oxygen atoms in total. The predicted molar refractivity (Wildman–Crippen MR) is 98.7 cm³/mol. The summed E-state index contributed by atoms with van der Waals surface area (Å²) < 4.78 is 32.5. The van der Waals surface area contributed by atoms with Crippen LogP contribution in [0.25, 0.3) is 11.3 Å². The third-order valence-corrected chi connectivity index (χ3v) is 4.00. The Kier molecular flexibility index (Phi) is 5.78. The fraction of sp³-hybridized carbons (Fsp3) is 0.150. The van der Waals surface area contributed by atoms with Crippen molar-refractivity contribution in [1.82, 2.24) is 15.1 Å². The van der Waals surface area contributed by atoms with Gasteiger partial charge in [0.2, 0.25) is 5.91 Å². The maximum atomic E-state index is 13.4. The van der Waals surface area contributed by atoms with Crippen molar-refractivity contribution in [2.75, 3.05) is 7.11 Å². The summed E-state index contributed by atoms with van der Waals surface area (Å²) in [6.07, 6.45) is 0. The molecule has 3 rings (SSSR count). The highest BCUT2D eigenvalue weighted by molar-refractivity contribution is 5.75. The zero-order chi connectivity index (χ0) is 20.1.